The number of amides is 1. The van der Waals surface area contributed by atoms with Crippen LogP contribution in [-0.2, 0) is 0 Å². The summed E-state index contributed by atoms with van der Waals surface area (Å²) >= 11 is 3.69. The number of likely N-dealkylation sites (tertiary alicyclic amines) is 1. The molecule has 2 nitrogen and oxygen atoms in total. The molecule has 1 amide bonds. The molecule has 1 aliphatic heterocycles. The van der Waals surface area contributed by atoms with Gasteiger partial charge in [-0.25, -0.2) is 0 Å². The Labute approximate surface area is 60.6 Å². The summed E-state index contributed by atoms with van der Waals surface area (Å²) in [6.07, 6.45) is 0. The van der Waals surface area contributed by atoms with Crippen LogP contribution in [0, 0.1) is 5.41 Å². The molecular weight excluding hydrogens is 134 g/mol. The zero-order valence-corrected chi connectivity index (χ0v) is 6.61. The molecule has 0 aliphatic carbocycles. The summed E-state index contributed by atoms with van der Waals surface area (Å²) in [7, 11) is 0. The Morgan fingerprint density at radius 1 is 1.56 bits per heavy atom. The molecule has 52 valence electrons. The van der Waals surface area contributed by atoms with Crippen molar-refractivity contribution in [2.75, 3.05) is 13.1 Å². The first-order valence-electron chi connectivity index (χ1n) is 2.99. The maximum Gasteiger partial charge on any atom is 0.278 e. The van der Waals surface area contributed by atoms with Crippen molar-refractivity contribution in [2.24, 2.45) is 5.41 Å². The van der Waals surface area contributed by atoms with Crippen molar-refractivity contribution in [3.63, 3.8) is 0 Å². The first-order valence-corrected chi connectivity index (χ1v) is 3.44. The zero-order chi connectivity index (χ0) is 7.07. The Morgan fingerprint density at radius 2 is 2.00 bits per heavy atom. The average Bonchev–Trinajstić information content (AvgIpc) is 1.59. The molecule has 1 heterocycles. The van der Waals surface area contributed by atoms with Gasteiger partial charge in [0.05, 0.1) is 0 Å². The summed E-state index contributed by atoms with van der Waals surface area (Å²) in [5, 5.41) is -0.102. The third kappa shape index (κ3) is 1.39. The Morgan fingerprint density at radius 3 is 2.11 bits per heavy atom. The van der Waals surface area contributed by atoms with Crippen LogP contribution in [0.3, 0.4) is 0 Å². The van der Waals surface area contributed by atoms with E-state index in [1.807, 2.05) is 0 Å². The molecule has 9 heavy (non-hydrogen) atoms. The summed E-state index contributed by atoms with van der Waals surface area (Å²) in [6, 6.07) is 0. The van der Waals surface area contributed by atoms with Crippen LogP contribution in [-0.4, -0.2) is 23.2 Å². The summed E-state index contributed by atoms with van der Waals surface area (Å²) in [6.45, 7) is 5.99. The largest absolute Gasteiger partial charge is 0.333 e. The van der Waals surface area contributed by atoms with Crippen LogP contribution in [0.25, 0.3) is 0 Å². The van der Waals surface area contributed by atoms with Crippen LogP contribution in [0.4, 0.5) is 4.79 Å². The van der Waals surface area contributed by atoms with Crippen molar-refractivity contribution in [3.05, 3.63) is 0 Å². The molecule has 0 radical (unpaired) electrons. The standard InChI is InChI=1S/C6H11NOS/c1-6(2)3-7(4-6)5(8)9/h3-4H2,1-2H3,(H,8,9). The van der Waals surface area contributed by atoms with E-state index in [4.69, 9.17) is 0 Å². The second-order valence-corrected chi connectivity index (χ2v) is 3.69. The van der Waals surface area contributed by atoms with Gasteiger partial charge in [0.15, 0.2) is 0 Å². The molecule has 0 aromatic heterocycles. The van der Waals surface area contributed by atoms with Crippen LogP contribution < -0.4 is 0 Å². The van der Waals surface area contributed by atoms with Gasteiger partial charge in [0.2, 0.25) is 0 Å². The second-order valence-electron chi connectivity index (χ2n) is 3.30. The molecule has 0 spiro atoms. The van der Waals surface area contributed by atoms with E-state index in [0.717, 1.165) is 13.1 Å². The number of rotatable bonds is 0. The summed E-state index contributed by atoms with van der Waals surface area (Å²) < 4.78 is 0. The minimum Gasteiger partial charge on any atom is -0.333 e. The number of thiol groups is 1. The number of nitrogens with zero attached hydrogens (tertiary/aromatic N) is 1. The molecule has 1 rings (SSSR count). The highest BCUT2D eigenvalue weighted by atomic mass is 32.1. The third-order valence-electron chi connectivity index (χ3n) is 1.51. The van der Waals surface area contributed by atoms with E-state index < -0.39 is 0 Å². The minimum atomic E-state index is -0.102. The number of carbonyl (C=O) groups excluding carboxylic acids is 1. The number of hydrogen-bond acceptors (Lipinski definition) is 1. The van der Waals surface area contributed by atoms with E-state index in [1.165, 1.54) is 0 Å². The van der Waals surface area contributed by atoms with E-state index >= 15 is 0 Å². The fourth-order valence-corrected chi connectivity index (χ4v) is 1.26. The van der Waals surface area contributed by atoms with Gasteiger partial charge in [-0.05, 0) is 5.41 Å². The Bertz CT molecular complexity index is 136. The van der Waals surface area contributed by atoms with Gasteiger partial charge in [-0.2, -0.15) is 0 Å². The van der Waals surface area contributed by atoms with Crippen molar-refractivity contribution < 1.29 is 4.79 Å². The fraction of sp³-hybridized carbons (Fsp3) is 0.833. The van der Waals surface area contributed by atoms with Crippen LogP contribution in [0.2, 0.25) is 0 Å². The summed E-state index contributed by atoms with van der Waals surface area (Å²) in [4.78, 5) is 12.2. The van der Waals surface area contributed by atoms with Crippen LogP contribution in [0.15, 0.2) is 0 Å². The SMILES string of the molecule is CC1(C)CN(C(=O)S)C1. The van der Waals surface area contributed by atoms with Crippen molar-refractivity contribution in [1.29, 1.82) is 0 Å². The van der Waals surface area contributed by atoms with Crippen molar-refractivity contribution in [2.45, 2.75) is 13.8 Å². The Balaban J connectivity index is 2.35. The minimum absolute atomic E-state index is 0.102. The molecule has 1 fully saturated rings. The molecule has 0 bridgehead atoms. The van der Waals surface area contributed by atoms with Gasteiger partial charge in [0.1, 0.15) is 0 Å². The van der Waals surface area contributed by atoms with E-state index in [1.54, 1.807) is 4.90 Å². The first kappa shape index (κ1) is 6.93. The van der Waals surface area contributed by atoms with Crippen molar-refractivity contribution in [1.82, 2.24) is 4.90 Å². The van der Waals surface area contributed by atoms with Crippen LogP contribution in [0.5, 0.6) is 0 Å². The highest BCUT2D eigenvalue weighted by Gasteiger charge is 2.35. The third-order valence-corrected chi connectivity index (χ3v) is 1.79. The van der Waals surface area contributed by atoms with Gasteiger partial charge < -0.3 is 4.90 Å². The summed E-state index contributed by atoms with van der Waals surface area (Å²) in [5.41, 5.74) is 0.332. The second kappa shape index (κ2) is 1.90. The molecule has 0 atom stereocenters. The zero-order valence-electron chi connectivity index (χ0n) is 5.72. The molecule has 1 aliphatic rings. The van der Waals surface area contributed by atoms with Crippen LogP contribution in [0.1, 0.15) is 13.8 Å². The topological polar surface area (TPSA) is 20.3 Å². The Kier molecular flexibility index (Phi) is 1.47. The molecule has 0 N–H and O–H groups in total. The fourth-order valence-electron chi connectivity index (χ4n) is 1.12. The van der Waals surface area contributed by atoms with Crippen molar-refractivity contribution >= 4 is 17.9 Å². The van der Waals surface area contributed by atoms with Crippen LogP contribution >= 0.6 is 12.6 Å². The van der Waals surface area contributed by atoms with E-state index in [2.05, 4.69) is 26.5 Å². The smallest absolute Gasteiger partial charge is 0.278 e. The van der Waals surface area contributed by atoms with Crippen molar-refractivity contribution in [3.8, 4) is 0 Å². The maximum absolute atomic E-state index is 10.5. The average molecular weight is 145 g/mol. The van der Waals surface area contributed by atoms with Gasteiger partial charge in [0, 0.05) is 13.1 Å². The lowest BCUT2D eigenvalue weighted by Crippen LogP contribution is -2.53. The maximum atomic E-state index is 10.5. The van der Waals surface area contributed by atoms with E-state index in [0.29, 0.717) is 5.41 Å². The quantitative estimate of drug-likeness (QED) is 0.510. The molecule has 0 saturated carbocycles. The lowest BCUT2D eigenvalue weighted by Gasteiger charge is -2.44. The molecule has 3 heteroatoms. The Hall–Kier alpha value is -0.180. The normalized spacial score (nSPS) is 23.2. The van der Waals surface area contributed by atoms with Gasteiger partial charge in [-0.3, -0.25) is 4.79 Å². The molecule has 0 aromatic rings. The monoisotopic (exact) mass is 145 g/mol. The van der Waals surface area contributed by atoms with Gasteiger partial charge >= 0.3 is 0 Å². The predicted octanol–water partition coefficient (Wildman–Crippen LogP) is 1.38. The molecule has 1 saturated heterocycles. The van der Waals surface area contributed by atoms with E-state index in [9.17, 15) is 4.79 Å². The molecule has 0 aromatic carbocycles. The highest BCUT2D eigenvalue weighted by Crippen LogP contribution is 2.29. The van der Waals surface area contributed by atoms with Gasteiger partial charge in [-0.15, -0.1) is 0 Å². The van der Waals surface area contributed by atoms with Gasteiger partial charge in [0.25, 0.3) is 5.24 Å². The molecular formula is C6H11NOS. The number of carbonyl (C=O) groups is 1. The van der Waals surface area contributed by atoms with Gasteiger partial charge in [-0.1, -0.05) is 26.5 Å². The van der Waals surface area contributed by atoms with E-state index in [-0.39, 0.29) is 5.24 Å². The summed E-state index contributed by atoms with van der Waals surface area (Å²) in [5.74, 6) is 0. The first-order chi connectivity index (χ1) is 4.01. The number of hydrogen-bond donors (Lipinski definition) is 1. The lowest BCUT2D eigenvalue weighted by molar-refractivity contribution is 0.0754. The lowest BCUT2D eigenvalue weighted by atomic mass is 9.85. The predicted molar refractivity (Wildman–Crippen MR) is 39.7 cm³/mol. The highest BCUT2D eigenvalue weighted by molar-refractivity contribution is 7.96. The molecule has 0 unspecified atom stereocenters.